The van der Waals surface area contributed by atoms with Crippen molar-refractivity contribution in [2.24, 2.45) is 5.41 Å². The van der Waals surface area contributed by atoms with Crippen LogP contribution in [-0.2, 0) is 16.4 Å². The molecule has 1 amide bonds. The van der Waals surface area contributed by atoms with Crippen molar-refractivity contribution in [3.8, 4) is 0 Å². The van der Waals surface area contributed by atoms with E-state index in [-0.39, 0.29) is 17.4 Å². The summed E-state index contributed by atoms with van der Waals surface area (Å²) in [4.78, 5) is 17.5. The van der Waals surface area contributed by atoms with Crippen LogP contribution in [0.25, 0.3) is 0 Å². The lowest BCUT2D eigenvalue weighted by atomic mass is 9.74. The lowest BCUT2D eigenvalue weighted by Crippen LogP contribution is -2.46. The van der Waals surface area contributed by atoms with Crippen molar-refractivity contribution in [1.82, 2.24) is 9.80 Å². The molecule has 1 aliphatic carbocycles. The highest BCUT2D eigenvalue weighted by Gasteiger charge is 2.37. The first-order valence-corrected chi connectivity index (χ1v) is 13.1. The molecule has 1 spiro atoms. The summed E-state index contributed by atoms with van der Waals surface area (Å²) in [5.41, 5.74) is 2.22. The Morgan fingerprint density at radius 1 is 0.931 bits per heavy atom. The normalized spacial score (nSPS) is 24.9. The average molecular weight is 419 g/mol. The second-order valence-electron chi connectivity index (χ2n) is 9.37. The summed E-state index contributed by atoms with van der Waals surface area (Å²) in [5, 5.41) is 0. The van der Waals surface area contributed by atoms with Crippen molar-refractivity contribution in [2.45, 2.75) is 57.9 Å². The SMILES string of the molecule is O=C(c1cccc(CN2CCS(=O)(=O)CC2)c1)N1CCCC2(CCCCCC2)C1. The molecule has 5 nitrogen and oxygen atoms in total. The van der Waals surface area contributed by atoms with Crippen LogP contribution in [0.15, 0.2) is 24.3 Å². The highest BCUT2D eigenvalue weighted by Crippen LogP contribution is 2.42. The molecule has 6 heteroatoms. The van der Waals surface area contributed by atoms with Crippen LogP contribution < -0.4 is 0 Å². The molecule has 2 saturated heterocycles. The Bertz CT molecular complexity index is 814. The second kappa shape index (κ2) is 8.76. The summed E-state index contributed by atoms with van der Waals surface area (Å²) in [6, 6.07) is 7.96. The van der Waals surface area contributed by atoms with Gasteiger partial charge in [-0.3, -0.25) is 9.69 Å². The molecule has 0 aromatic heterocycles. The van der Waals surface area contributed by atoms with Gasteiger partial charge in [-0.15, -0.1) is 0 Å². The molecule has 1 aromatic carbocycles. The number of sulfone groups is 1. The Hall–Kier alpha value is -1.40. The molecule has 29 heavy (non-hydrogen) atoms. The zero-order valence-corrected chi connectivity index (χ0v) is 18.3. The van der Waals surface area contributed by atoms with Gasteiger partial charge in [-0.05, 0) is 48.8 Å². The molecule has 0 bridgehead atoms. The maximum Gasteiger partial charge on any atom is 0.253 e. The van der Waals surface area contributed by atoms with E-state index in [1.54, 1.807) is 0 Å². The number of carbonyl (C=O) groups excluding carboxylic acids is 1. The van der Waals surface area contributed by atoms with E-state index in [4.69, 9.17) is 0 Å². The molecule has 2 aliphatic heterocycles. The molecule has 2 heterocycles. The molecule has 4 rings (SSSR count). The number of piperidine rings is 1. The van der Waals surface area contributed by atoms with Gasteiger partial charge in [0, 0.05) is 38.3 Å². The Morgan fingerprint density at radius 3 is 2.34 bits per heavy atom. The summed E-state index contributed by atoms with van der Waals surface area (Å²) in [6.07, 6.45) is 10.2. The third-order valence-corrected chi connectivity index (χ3v) is 8.74. The lowest BCUT2D eigenvalue weighted by molar-refractivity contribution is 0.0465. The molecule has 3 aliphatic rings. The fourth-order valence-corrected chi connectivity index (χ4v) is 6.70. The predicted molar refractivity (Wildman–Crippen MR) is 116 cm³/mol. The quantitative estimate of drug-likeness (QED) is 0.754. The van der Waals surface area contributed by atoms with Gasteiger partial charge in [0.05, 0.1) is 11.5 Å². The summed E-state index contributed by atoms with van der Waals surface area (Å²) in [5.74, 6) is 0.638. The van der Waals surface area contributed by atoms with Gasteiger partial charge in [0.15, 0.2) is 9.84 Å². The van der Waals surface area contributed by atoms with E-state index in [1.807, 2.05) is 24.3 Å². The number of amides is 1. The van der Waals surface area contributed by atoms with Gasteiger partial charge >= 0.3 is 0 Å². The van der Waals surface area contributed by atoms with E-state index in [9.17, 15) is 13.2 Å². The zero-order chi connectivity index (χ0) is 20.3. The Labute approximate surface area is 175 Å². The van der Waals surface area contributed by atoms with Crippen LogP contribution in [0, 0.1) is 5.41 Å². The van der Waals surface area contributed by atoms with Gasteiger partial charge in [0.1, 0.15) is 0 Å². The molecular weight excluding hydrogens is 384 g/mol. The van der Waals surface area contributed by atoms with Crippen molar-refractivity contribution in [1.29, 1.82) is 0 Å². The maximum atomic E-state index is 13.3. The van der Waals surface area contributed by atoms with Crippen molar-refractivity contribution in [3.05, 3.63) is 35.4 Å². The van der Waals surface area contributed by atoms with Crippen LogP contribution in [0.2, 0.25) is 0 Å². The van der Waals surface area contributed by atoms with Crippen molar-refractivity contribution >= 4 is 15.7 Å². The predicted octanol–water partition coefficient (Wildman–Crippen LogP) is 3.49. The fraction of sp³-hybridized carbons (Fsp3) is 0.696. The van der Waals surface area contributed by atoms with E-state index < -0.39 is 9.84 Å². The van der Waals surface area contributed by atoms with Gasteiger partial charge in [-0.25, -0.2) is 8.42 Å². The molecule has 160 valence electrons. The molecular formula is C23H34N2O3S. The van der Waals surface area contributed by atoms with E-state index in [2.05, 4.69) is 9.80 Å². The summed E-state index contributed by atoms with van der Waals surface area (Å²) < 4.78 is 23.3. The third-order valence-electron chi connectivity index (χ3n) is 7.13. The van der Waals surface area contributed by atoms with Crippen LogP contribution in [0.3, 0.4) is 0 Å². The molecule has 1 aromatic rings. The number of hydrogen-bond acceptors (Lipinski definition) is 4. The van der Waals surface area contributed by atoms with Crippen LogP contribution >= 0.6 is 0 Å². The smallest absolute Gasteiger partial charge is 0.253 e. The fourth-order valence-electron chi connectivity index (χ4n) is 5.42. The minimum atomic E-state index is -2.86. The van der Waals surface area contributed by atoms with E-state index in [0.717, 1.165) is 30.6 Å². The first kappa shape index (κ1) is 20.9. The number of benzene rings is 1. The summed E-state index contributed by atoms with van der Waals surface area (Å²) in [7, 11) is -2.86. The number of rotatable bonds is 3. The van der Waals surface area contributed by atoms with Crippen LogP contribution in [0.4, 0.5) is 0 Å². The van der Waals surface area contributed by atoms with Crippen LogP contribution in [0.5, 0.6) is 0 Å². The van der Waals surface area contributed by atoms with Gasteiger partial charge in [-0.2, -0.15) is 0 Å². The first-order chi connectivity index (χ1) is 13.9. The number of hydrogen-bond donors (Lipinski definition) is 0. The standard InChI is InChI=1S/C23H34N2O3S/c26-22(25-12-6-11-23(19-25)9-3-1-2-4-10-23)21-8-5-7-20(17-21)18-24-13-15-29(27,28)16-14-24/h5,7-8,17H,1-4,6,9-16,18-19H2. The van der Waals surface area contributed by atoms with Gasteiger partial charge in [0.2, 0.25) is 0 Å². The zero-order valence-electron chi connectivity index (χ0n) is 17.4. The lowest BCUT2D eigenvalue weighted by Gasteiger charge is -2.43. The minimum Gasteiger partial charge on any atom is -0.338 e. The maximum absolute atomic E-state index is 13.3. The molecule has 1 saturated carbocycles. The van der Waals surface area contributed by atoms with E-state index in [1.165, 1.54) is 44.9 Å². The first-order valence-electron chi connectivity index (χ1n) is 11.3. The van der Waals surface area contributed by atoms with Crippen LogP contribution in [-0.4, -0.2) is 61.8 Å². The Kier molecular flexibility index (Phi) is 6.30. The van der Waals surface area contributed by atoms with Crippen molar-refractivity contribution in [3.63, 3.8) is 0 Å². The number of likely N-dealkylation sites (tertiary alicyclic amines) is 1. The molecule has 0 atom stereocenters. The van der Waals surface area contributed by atoms with Gasteiger partial charge in [-0.1, -0.05) is 37.8 Å². The topological polar surface area (TPSA) is 57.7 Å². The number of nitrogens with zero attached hydrogens (tertiary/aromatic N) is 2. The largest absolute Gasteiger partial charge is 0.338 e. The third kappa shape index (κ3) is 5.21. The van der Waals surface area contributed by atoms with Gasteiger partial charge < -0.3 is 4.90 Å². The van der Waals surface area contributed by atoms with Crippen molar-refractivity contribution < 1.29 is 13.2 Å². The molecule has 0 radical (unpaired) electrons. The summed E-state index contributed by atoms with van der Waals surface area (Å²) in [6.45, 7) is 3.65. The summed E-state index contributed by atoms with van der Waals surface area (Å²) >= 11 is 0. The average Bonchev–Trinajstić information content (AvgIpc) is 2.94. The highest BCUT2D eigenvalue weighted by atomic mass is 32.2. The van der Waals surface area contributed by atoms with Crippen molar-refractivity contribution in [2.75, 3.05) is 37.7 Å². The molecule has 0 N–H and O–H groups in total. The second-order valence-corrected chi connectivity index (χ2v) is 11.7. The molecule has 3 fully saturated rings. The Balaban J connectivity index is 1.41. The number of carbonyl (C=O) groups is 1. The van der Waals surface area contributed by atoms with E-state index >= 15 is 0 Å². The van der Waals surface area contributed by atoms with Crippen LogP contribution in [0.1, 0.15) is 67.3 Å². The Morgan fingerprint density at radius 2 is 1.62 bits per heavy atom. The van der Waals surface area contributed by atoms with Gasteiger partial charge in [0.25, 0.3) is 5.91 Å². The highest BCUT2D eigenvalue weighted by molar-refractivity contribution is 7.91. The monoisotopic (exact) mass is 418 g/mol. The molecule has 0 unspecified atom stereocenters. The minimum absolute atomic E-state index is 0.163. The van der Waals surface area contributed by atoms with E-state index in [0.29, 0.717) is 25.0 Å².